The quantitative estimate of drug-likeness (QED) is 0.611. The van der Waals surface area contributed by atoms with E-state index >= 15 is 0 Å². The summed E-state index contributed by atoms with van der Waals surface area (Å²) in [5.74, 6) is 0. The van der Waals surface area contributed by atoms with Gasteiger partial charge in [0.2, 0.25) is 0 Å². The van der Waals surface area contributed by atoms with Crippen molar-refractivity contribution in [1.29, 1.82) is 0 Å². The summed E-state index contributed by atoms with van der Waals surface area (Å²) in [6.45, 7) is 0.517. The van der Waals surface area contributed by atoms with Crippen LogP contribution in [0, 0.1) is 10.1 Å². The van der Waals surface area contributed by atoms with E-state index in [0.717, 1.165) is 15.7 Å². The molecule has 0 saturated carbocycles. The second-order valence-electron chi connectivity index (χ2n) is 3.91. The lowest BCUT2D eigenvalue weighted by Crippen LogP contribution is -2.01. The summed E-state index contributed by atoms with van der Waals surface area (Å²) >= 11 is 6.72. The molecule has 0 radical (unpaired) electrons. The van der Waals surface area contributed by atoms with Crippen LogP contribution in [-0.4, -0.2) is 4.92 Å². The average Bonchev–Trinajstić information content (AvgIpc) is 2.37. The van der Waals surface area contributed by atoms with Crippen LogP contribution >= 0.6 is 31.9 Å². The first-order valence-electron chi connectivity index (χ1n) is 5.48. The van der Waals surface area contributed by atoms with Crippen LogP contribution in [0.2, 0.25) is 0 Å². The van der Waals surface area contributed by atoms with Gasteiger partial charge in [0.1, 0.15) is 0 Å². The predicted molar refractivity (Wildman–Crippen MR) is 82.3 cm³/mol. The SMILES string of the molecule is O=[N+]([O-])c1cc(Br)cc(CNc2ccccc2Br)c1. The van der Waals surface area contributed by atoms with Crippen molar-refractivity contribution in [2.24, 2.45) is 0 Å². The number of anilines is 1. The van der Waals surface area contributed by atoms with Crippen LogP contribution in [0.15, 0.2) is 51.4 Å². The Labute approximate surface area is 127 Å². The van der Waals surface area contributed by atoms with E-state index in [0.29, 0.717) is 11.0 Å². The normalized spacial score (nSPS) is 10.2. The lowest BCUT2D eigenvalue weighted by atomic mass is 10.2. The van der Waals surface area contributed by atoms with E-state index in [1.807, 2.05) is 30.3 Å². The molecule has 0 spiro atoms. The number of rotatable bonds is 4. The molecule has 0 heterocycles. The minimum absolute atomic E-state index is 0.0818. The lowest BCUT2D eigenvalue weighted by Gasteiger charge is -2.08. The van der Waals surface area contributed by atoms with Gasteiger partial charge in [-0.25, -0.2) is 0 Å². The predicted octanol–water partition coefficient (Wildman–Crippen LogP) is 4.73. The maximum absolute atomic E-state index is 10.8. The molecule has 0 aromatic heterocycles. The monoisotopic (exact) mass is 384 g/mol. The highest BCUT2D eigenvalue weighted by Gasteiger charge is 2.08. The standard InChI is InChI=1S/C13H10Br2N2O2/c14-10-5-9(6-11(7-10)17(18)19)8-16-13-4-2-1-3-12(13)15/h1-7,16H,8H2. The van der Waals surface area contributed by atoms with Gasteiger partial charge in [0, 0.05) is 33.3 Å². The Morgan fingerprint density at radius 1 is 1.16 bits per heavy atom. The van der Waals surface area contributed by atoms with E-state index in [2.05, 4.69) is 37.2 Å². The first-order chi connectivity index (χ1) is 9.06. The van der Waals surface area contributed by atoms with Crippen molar-refractivity contribution in [2.45, 2.75) is 6.54 Å². The highest BCUT2D eigenvalue weighted by molar-refractivity contribution is 9.10. The number of hydrogen-bond donors (Lipinski definition) is 1. The lowest BCUT2D eigenvalue weighted by molar-refractivity contribution is -0.385. The molecule has 0 unspecified atom stereocenters. The smallest absolute Gasteiger partial charge is 0.270 e. The topological polar surface area (TPSA) is 55.2 Å². The molecule has 2 aromatic carbocycles. The molecule has 0 atom stereocenters. The van der Waals surface area contributed by atoms with Gasteiger partial charge in [-0.05, 0) is 39.7 Å². The Bertz CT molecular complexity index is 617. The van der Waals surface area contributed by atoms with Gasteiger partial charge >= 0.3 is 0 Å². The maximum atomic E-state index is 10.8. The number of nitrogens with zero attached hydrogens (tertiary/aromatic N) is 1. The van der Waals surface area contributed by atoms with Crippen molar-refractivity contribution >= 4 is 43.2 Å². The molecule has 0 amide bonds. The first kappa shape index (κ1) is 14.0. The summed E-state index contributed by atoms with van der Waals surface area (Å²) in [4.78, 5) is 10.4. The minimum Gasteiger partial charge on any atom is -0.380 e. The van der Waals surface area contributed by atoms with Crippen molar-refractivity contribution in [2.75, 3.05) is 5.32 Å². The summed E-state index contributed by atoms with van der Waals surface area (Å²) in [5.41, 5.74) is 1.88. The number of hydrogen-bond acceptors (Lipinski definition) is 3. The zero-order valence-corrected chi connectivity index (χ0v) is 12.9. The summed E-state index contributed by atoms with van der Waals surface area (Å²) in [6.07, 6.45) is 0. The third kappa shape index (κ3) is 3.78. The molecule has 6 heteroatoms. The fourth-order valence-corrected chi connectivity index (χ4v) is 2.60. The molecule has 0 aliphatic carbocycles. The van der Waals surface area contributed by atoms with E-state index in [4.69, 9.17) is 0 Å². The van der Waals surface area contributed by atoms with E-state index < -0.39 is 4.92 Å². The largest absolute Gasteiger partial charge is 0.380 e. The van der Waals surface area contributed by atoms with Crippen LogP contribution < -0.4 is 5.32 Å². The summed E-state index contributed by atoms with van der Waals surface area (Å²) < 4.78 is 1.66. The van der Waals surface area contributed by atoms with Gasteiger partial charge in [-0.15, -0.1) is 0 Å². The number of non-ortho nitro benzene ring substituents is 1. The molecule has 2 rings (SSSR count). The van der Waals surface area contributed by atoms with E-state index in [9.17, 15) is 10.1 Å². The van der Waals surface area contributed by atoms with Gasteiger partial charge in [0.25, 0.3) is 5.69 Å². The van der Waals surface area contributed by atoms with E-state index in [-0.39, 0.29) is 5.69 Å². The number of nitro groups is 1. The fraction of sp³-hybridized carbons (Fsp3) is 0.0769. The number of nitrogens with one attached hydrogen (secondary N) is 1. The Balaban J connectivity index is 2.16. The van der Waals surface area contributed by atoms with Gasteiger partial charge in [-0.3, -0.25) is 10.1 Å². The van der Waals surface area contributed by atoms with E-state index in [1.165, 1.54) is 6.07 Å². The zero-order valence-electron chi connectivity index (χ0n) is 9.77. The molecule has 1 N–H and O–H groups in total. The summed E-state index contributed by atoms with van der Waals surface area (Å²) in [5, 5.41) is 14.0. The third-order valence-corrected chi connectivity index (χ3v) is 3.66. The molecule has 98 valence electrons. The minimum atomic E-state index is -0.396. The van der Waals surface area contributed by atoms with Gasteiger partial charge in [0.05, 0.1) is 4.92 Å². The molecular formula is C13H10Br2N2O2. The molecule has 0 aliphatic heterocycles. The van der Waals surface area contributed by atoms with Crippen molar-refractivity contribution in [1.82, 2.24) is 0 Å². The Morgan fingerprint density at radius 3 is 2.58 bits per heavy atom. The molecule has 2 aromatic rings. The van der Waals surface area contributed by atoms with Crippen LogP contribution in [0.1, 0.15) is 5.56 Å². The van der Waals surface area contributed by atoms with Crippen LogP contribution in [0.4, 0.5) is 11.4 Å². The molecule has 19 heavy (non-hydrogen) atoms. The molecule has 0 saturated heterocycles. The van der Waals surface area contributed by atoms with Crippen molar-refractivity contribution < 1.29 is 4.92 Å². The number of halogens is 2. The van der Waals surface area contributed by atoms with Gasteiger partial charge in [-0.2, -0.15) is 0 Å². The first-order valence-corrected chi connectivity index (χ1v) is 7.07. The third-order valence-electron chi connectivity index (χ3n) is 2.51. The number of benzene rings is 2. The second-order valence-corrected chi connectivity index (χ2v) is 5.68. The summed E-state index contributed by atoms with van der Waals surface area (Å²) in [6, 6.07) is 12.6. The Kier molecular flexibility index (Phi) is 4.55. The van der Waals surface area contributed by atoms with Gasteiger partial charge < -0.3 is 5.32 Å². The Hall–Kier alpha value is -1.40. The van der Waals surface area contributed by atoms with Crippen LogP contribution in [0.5, 0.6) is 0 Å². The van der Waals surface area contributed by atoms with Crippen molar-refractivity contribution in [3.05, 3.63) is 67.1 Å². The summed E-state index contributed by atoms with van der Waals surface area (Å²) in [7, 11) is 0. The number of nitro benzene ring substituents is 1. The van der Waals surface area contributed by atoms with Gasteiger partial charge in [0.15, 0.2) is 0 Å². The molecule has 0 fully saturated rings. The van der Waals surface area contributed by atoms with Gasteiger partial charge in [-0.1, -0.05) is 28.1 Å². The fourth-order valence-electron chi connectivity index (χ4n) is 1.64. The van der Waals surface area contributed by atoms with Crippen LogP contribution in [0.3, 0.4) is 0 Å². The Morgan fingerprint density at radius 2 is 1.89 bits per heavy atom. The number of para-hydroxylation sites is 1. The highest BCUT2D eigenvalue weighted by atomic mass is 79.9. The molecule has 0 bridgehead atoms. The molecule has 4 nitrogen and oxygen atoms in total. The average molecular weight is 386 g/mol. The molecule has 0 aliphatic rings. The zero-order chi connectivity index (χ0) is 13.8. The molecular weight excluding hydrogens is 376 g/mol. The second kappa shape index (κ2) is 6.16. The highest BCUT2D eigenvalue weighted by Crippen LogP contribution is 2.24. The van der Waals surface area contributed by atoms with Crippen molar-refractivity contribution in [3.8, 4) is 0 Å². The van der Waals surface area contributed by atoms with Crippen LogP contribution in [-0.2, 0) is 6.54 Å². The van der Waals surface area contributed by atoms with Crippen molar-refractivity contribution in [3.63, 3.8) is 0 Å². The van der Waals surface area contributed by atoms with Crippen LogP contribution in [0.25, 0.3) is 0 Å². The van der Waals surface area contributed by atoms with E-state index in [1.54, 1.807) is 6.07 Å². The maximum Gasteiger partial charge on any atom is 0.270 e.